The lowest BCUT2D eigenvalue weighted by Crippen LogP contribution is -2.29. The average Bonchev–Trinajstić information content (AvgIpc) is 3.02. The molecule has 1 N–H and O–H groups in total. The maximum absolute atomic E-state index is 11.6. The first-order valence-corrected chi connectivity index (χ1v) is 9.68. The van der Waals surface area contributed by atoms with Crippen LogP contribution in [0.15, 0.2) is 35.3 Å². The van der Waals surface area contributed by atoms with Gasteiger partial charge in [-0.2, -0.15) is 0 Å². The standard InChI is InChI=1S/C20H20IN3O2/c1-3-26-19(25)13-24(2)18-8-5-14(6-9-18)4-7-17-11-15-10-16(21)12-22-20(15)23-17/h5-6,8-11,16H,3,12-13H2,1-2H3,(H,22,23). The maximum Gasteiger partial charge on any atom is 0.325 e. The number of alkyl halides is 1. The van der Waals surface area contributed by atoms with Crippen LogP contribution in [0.5, 0.6) is 0 Å². The quantitative estimate of drug-likeness (QED) is 0.326. The van der Waals surface area contributed by atoms with Crippen LogP contribution in [0.25, 0.3) is 6.08 Å². The summed E-state index contributed by atoms with van der Waals surface area (Å²) in [6.07, 6.45) is 2.21. The molecule has 0 saturated carbocycles. The molecular weight excluding hydrogens is 441 g/mol. The van der Waals surface area contributed by atoms with Crippen LogP contribution in [0.4, 0.5) is 5.69 Å². The number of fused-ring (bicyclic) bond motifs is 1. The second-order valence-corrected chi connectivity index (χ2v) is 7.57. The summed E-state index contributed by atoms with van der Waals surface area (Å²) in [5, 5.41) is 1.12. The van der Waals surface area contributed by atoms with Gasteiger partial charge in [-0.3, -0.25) is 9.79 Å². The minimum atomic E-state index is -0.231. The van der Waals surface area contributed by atoms with Crippen molar-refractivity contribution < 1.29 is 9.53 Å². The zero-order valence-electron chi connectivity index (χ0n) is 14.8. The van der Waals surface area contributed by atoms with Crippen LogP contribution < -0.4 is 15.6 Å². The maximum atomic E-state index is 11.6. The number of benzene rings is 1. The molecule has 134 valence electrons. The third-order valence-corrected chi connectivity index (χ3v) is 4.69. The third-order valence-electron chi connectivity index (χ3n) is 3.93. The summed E-state index contributed by atoms with van der Waals surface area (Å²) in [5.41, 5.74) is 3.64. The number of nitrogens with one attached hydrogen (secondary N) is 1. The van der Waals surface area contributed by atoms with E-state index >= 15 is 0 Å². The molecule has 2 heterocycles. The highest BCUT2D eigenvalue weighted by atomic mass is 127. The molecule has 6 heteroatoms. The van der Waals surface area contributed by atoms with Crippen LogP contribution >= 0.6 is 22.6 Å². The van der Waals surface area contributed by atoms with Gasteiger partial charge in [0.25, 0.3) is 0 Å². The number of carbonyl (C=O) groups excluding carboxylic acids is 1. The Balaban J connectivity index is 1.70. The minimum Gasteiger partial charge on any atom is -0.465 e. The number of halogens is 1. The predicted molar refractivity (Wildman–Crippen MR) is 111 cm³/mol. The van der Waals surface area contributed by atoms with Crippen LogP contribution in [0.1, 0.15) is 18.2 Å². The topological polar surface area (TPSA) is 57.7 Å². The Hall–Kier alpha value is -2.27. The number of nitrogens with zero attached hydrogens (tertiary/aromatic N) is 2. The van der Waals surface area contributed by atoms with Crippen molar-refractivity contribution in [3.63, 3.8) is 0 Å². The molecule has 0 radical (unpaired) electrons. The van der Waals surface area contributed by atoms with Crippen LogP contribution in [-0.4, -0.2) is 41.6 Å². The van der Waals surface area contributed by atoms with Crippen molar-refractivity contribution in [3.05, 3.63) is 52.3 Å². The molecule has 0 spiro atoms. The predicted octanol–water partition coefficient (Wildman–Crippen LogP) is 1.63. The third kappa shape index (κ3) is 4.67. The molecule has 1 aliphatic rings. The molecule has 0 amide bonds. The van der Waals surface area contributed by atoms with Gasteiger partial charge in [0.15, 0.2) is 0 Å². The number of H-pyrrole nitrogens is 1. The smallest absolute Gasteiger partial charge is 0.325 e. The highest BCUT2D eigenvalue weighted by Gasteiger charge is 2.08. The molecule has 1 aromatic heterocycles. The molecule has 26 heavy (non-hydrogen) atoms. The van der Waals surface area contributed by atoms with Gasteiger partial charge in [-0.05, 0) is 43.2 Å². The fourth-order valence-electron chi connectivity index (χ4n) is 2.64. The summed E-state index contributed by atoms with van der Waals surface area (Å²) < 4.78 is 5.41. The van der Waals surface area contributed by atoms with Crippen molar-refractivity contribution in [3.8, 4) is 11.8 Å². The van der Waals surface area contributed by atoms with E-state index < -0.39 is 0 Å². The van der Waals surface area contributed by atoms with Crippen molar-refractivity contribution in [1.82, 2.24) is 4.98 Å². The molecule has 0 fully saturated rings. The lowest BCUT2D eigenvalue weighted by atomic mass is 10.2. The number of aromatic nitrogens is 1. The molecule has 1 unspecified atom stereocenters. The molecule has 1 aromatic carbocycles. The van der Waals surface area contributed by atoms with Gasteiger partial charge in [0, 0.05) is 27.4 Å². The minimum absolute atomic E-state index is 0.227. The summed E-state index contributed by atoms with van der Waals surface area (Å²) in [6.45, 7) is 3.23. The first kappa shape index (κ1) is 18.5. The van der Waals surface area contributed by atoms with Crippen molar-refractivity contribution in [1.29, 1.82) is 0 Å². The number of hydrogen-bond acceptors (Lipinski definition) is 4. The SMILES string of the molecule is CCOC(=O)CN(C)c1ccc(C#Cc2cc3c([nH]2)=NCC(I)C=3)cc1. The van der Waals surface area contributed by atoms with Gasteiger partial charge in [0.2, 0.25) is 0 Å². The van der Waals surface area contributed by atoms with E-state index in [-0.39, 0.29) is 12.5 Å². The van der Waals surface area contributed by atoms with Gasteiger partial charge in [0.1, 0.15) is 12.0 Å². The summed E-state index contributed by atoms with van der Waals surface area (Å²) in [5.74, 6) is 6.08. The Morgan fingerprint density at radius 3 is 2.88 bits per heavy atom. The number of likely N-dealkylation sites (N-methyl/N-ethyl adjacent to an activating group) is 1. The zero-order chi connectivity index (χ0) is 18.5. The van der Waals surface area contributed by atoms with E-state index in [2.05, 4.69) is 50.5 Å². The Morgan fingerprint density at radius 2 is 2.15 bits per heavy atom. The fraction of sp³-hybridized carbons (Fsp3) is 0.300. The van der Waals surface area contributed by atoms with Crippen LogP contribution in [0.3, 0.4) is 0 Å². The fourth-order valence-corrected chi connectivity index (χ4v) is 3.23. The van der Waals surface area contributed by atoms with E-state index in [1.165, 1.54) is 0 Å². The van der Waals surface area contributed by atoms with Crippen LogP contribution in [0.2, 0.25) is 0 Å². The average molecular weight is 461 g/mol. The number of ether oxygens (including phenoxy) is 1. The van der Waals surface area contributed by atoms with Crippen LogP contribution in [-0.2, 0) is 9.53 Å². The molecule has 0 bridgehead atoms. The van der Waals surface area contributed by atoms with Crippen molar-refractivity contribution in [2.24, 2.45) is 4.99 Å². The monoisotopic (exact) mass is 461 g/mol. The normalized spacial score (nSPS) is 15.0. The van der Waals surface area contributed by atoms with E-state index in [0.29, 0.717) is 10.5 Å². The van der Waals surface area contributed by atoms with E-state index in [4.69, 9.17) is 4.74 Å². The number of hydrogen-bond donors (Lipinski definition) is 1. The highest BCUT2D eigenvalue weighted by molar-refractivity contribution is 14.1. The van der Waals surface area contributed by atoms with E-state index in [1.807, 2.05) is 42.3 Å². The van der Waals surface area contributed by atoms with Gasteiger partial charge in [-0.1, -0.05) is 34.6 Å². The second kappa shape index (κ2) is 8.41. The second-order valence-electron chi connectivity index (χ2n) is 5.97. The highest BCUT2D eigenvalue weighted by Crippen LogP contribution is 2.13. The summed E-state index contributed by atoms with van der Waals surface area (Å²) in [7, 11) is 1.86. The van der Waals surface area contributed by atoms with Gasteiger partial charge >= 0.3 is 5.97 Å². The molecule has 2 aromatic rings. The number of aromatic amines is 1. The van der Waals surface area contributed by atoms with Gasteiger partial charge in [-0.25, -0.2) is 0 Å². The zero-order valence-corrected chi connectivity index (χ0v) is 16.9. The Labute approximate surface area is 166 Å². The van der Waals surface area contributed by atoms with Crippen molar-refractivity contribution >= 4 is 40.3 Å². The van der Waals surface area contributed by atoms with Crippen molar-refractivity contribution in [2.45, 2.75) is 10.8 Å². The lowest BCUT2D eigenvalue weighted by Gasteiger charge is -2.17. The molecule has 0 saturated heterocycles. The summed E-state index contributed by atoms with van der Waals surface area (Å²) in [4.78, 5) is 21.2. The van der Waals surface area contributed by atoms with E-state index in [9.17, 15) is 4.79 Å². The summed E-state index contributed by atoms with van der Waals surface area (Å²) >= 11 is 2.38. The van der Waals surface area contributed by atoms with Gasteiger partial charge in [-0.15, -0.1) is 0 Å². The first-order valence-electron chi connectivity index (χ1n) is 8.43. The first-order chi connectivity index (χ1) is 12.5. The van der Waals surface area contributed by atoms with E-state index in [1.54, 1.807) is 6.92 Å². The van der Waals surface area contributed by atoms with Gasteiger partial charge in [0.05, 0.1) is 18.8 Å². The largest absolute Gasteiger partial charge is 0.465 e. The number of anilines is 1. The lowest BCUT2D eigenvalue weighted by molar-refractivity contribution is -0.141. The number of rotatable bonds is 4. The summed E-state index contributed by atoms with van der Waals surface area (Å²) in [6, 6.07) is 9.84. The molecule has 3 rings (SSSR count). The van der Waals surface area contributed by atoms with Crippen LogP contribution in [0, 0.1) is 11.8 Å². The van der Waals surface area contributed by atoms with Crippen molar-refractivity contribution in [2.75, 3.05) is 31.6 Å². The number of esters is 1. The Bertz CT molecular complexity index is 967. The molecule has 1 atom stereocenters. The molecule has 0 aliphatic carbocycles. The van der Waals surface area contributed by atoms with Gasteiger partial charge < -0.3 is 14.6 Å². The Morgan fingerprint density at radius 1 is 1.38 bits per heavy atom. The molecule has 5 nitrogen and oxygen atoms in total. The molecule has 1 aliphatic heterocycles. The Kier molecular flexibility index (Phi) is 5.99. The van der Waals surface area contributed by atoms with E-state index in [0.717, 1.165) is 34.2 Å². The number of carbonyl (C=O) groups is 1. The molecular formula is C20H20IN3O2.